The zero-order chi connectivity index (χ0) is 19.2. The van der Waals surface area contributed by atoms with E-state index in [9.17, 15) is 13.2 Å². The molecule has 0 fully saturated rings. The van der Waals surface area contributed by atoms with Crippen LogP contribution in [0.5, 0.6) is 5.75 Å². The fourth-order valence-corrected chi connectivity index (χ4v) is 3.49. The van der Waals surface area contributed by atoms with Gasteiger partial charge in [0.05, 0.1) is 23.3 Å². The van der Waals surface area contributed by atoms with Crippen molar-refractivity contribution in [2.45, 2.75) is 29.7 Å². The van der Waals surface area contributed by atoms with E-state index < -0.39 is 10.0 Å². The van der Waals surface area contributed by atoms with E-state index >= 15 is 0 Å². The highest BCUT2D eigenvalue weighted by Gasteiger charge is 2.12. The molecule has 0 saturated carbocycles. The summed E-state index contributed by atoms with van der Waals surface area (Å²) in [5.74, 6) is 0.984. The molecule has 2 aromatic rings. The Morgan fingerprint density at radius 3 is 2.31 bits per heavy atom. The third-order valence-corrected chi connectivity index (χ3v) is 5.53. The van der Waals surface area contributed by atoms with Gasteiger partial charge in [-0.2, -0.15) is 0 Å². The van der Waals surface area contributed by atoms with E-state index in [2.05, 4.69) is 5.32 Å². The van der Waals surface area contributed by atoms with E-state index in [1.165, 1.54) is 23.9 Å². The van der Waals surface area contributed by atoms with Gasteiger partial charge in [0.1, 0.15) is 5.75 Å². The zero-order valence-electron chi connectivity index (χ0n) is 14.6. The monoisotopic (exact) mass is 394 g/mol. The molecular weight excluding hydrogens is 372 g/mol. The van der Waals surface area contributed by atoms with Crippen molar-refractivity contribution in [2.24, 2.45) is 5.14 Å². The van der Waals surface area contributed by atoms with E-state index in [-0.39, 0.29) is 22.6 Å². The second-order valence-electron chi connectivity index (χ2n) is 5.60. The molecule has 0 aromatic heterocycles. The number of rotatable bonds is 8. The molecule has 0 saturated heterocycles. The largest absolute Gasteiger partial charge is 0.494 e. The van der Waals surface area contributed by atoms with Gasteiger partial charge in [-0.05, 0) is 55.8 Å². The number of carbonyl (C=O) groups excluding carboxylic acids is 1. The summed E-state index contributed by atoms with van der Waals surface area (Å²) < 4.78 is 27.9. The van der Waals surface area contributed by atoms with Gasteiger partial charge in [-0.25, -0.2) is 13.6 Å². The molecule has 0 spiro atoms. The van der Waals surface area contributed by atoms with Crippen molar-refractivity contribution in [3.05, 3.63) is 54.1 Å². The first-order chi connectivity index (χ1) is 12.3. The summed E-state index contributed by atoms with van der Waals surface area (Å²) in [5, 5.41) is 7.97. The molecule has 26 heavy (non-hydrogen) atoms. The van der Waals surface area contributed by atoms with Crippen LogP contribution in [-0.4, -0.2) is 26.7 Å². The lowest BCUT2D eigenvalue weighted by Crippen LogP contribution is -2.28. The molecule has 1 atom stereocenters. The van der Waals surface area contributed by atoms with Crippen LogP contribution in [0.2, 0.25) is 0 Å². The van der Waals surface area contributed by atoms with Crippen molar-refractivity contribution in [3.63, 3.8) is 0 Å². The van der Waals surface area contributed by atoms with Crippen molar-refractivity contribution in [1.82, 2.24) is 5.32 Å². The van der Waals surface area contributed by atoms with Gasteiger partial charge in [0, 0.05) is 4.90 Å². The fourth-order valence-electron chi connectivity index (χ4n) is 2.26. The molecule has 140 valence electrons. The minimum absolute atomic E-state index is 0.0471. The summed E-state index contributed by atoms with van der Waals surface area (Å²) in [6, 6.07) is 13.5. The van der Waals surface area contributed by atoms with Crippen molar-refractivity contribution in [1.29, 1.82) is 0 Å². The van der Waals surface area contributed by atoms with Gasteiger partial charge >= 0.3 is 0 Å². The van der Waals surface area contributed by atoms with E-state index in [1.807, 2.05) is 38.1 Å². The van der Waals surface area contributed by atoms with Crippen LogP contribution in [0.3, 0.4) is 0 Å². The van der Waals surface area contributed by atoms with Crippen molar-refractivity contribution >= 4 is 27.7 Å². The lowest BCUT2D eigenvalue weighted by molar-refractivity contribution is -0.119. The van der Waals surface area contributed by atoms with Gasteiger partial charge < -0.3 is 10.1 Å². The maximum atomic E-state index is 12.1. The Morgan fingerprint density at radius 2 is 1.77 bits per heavy atom. The van der Waals surface area contributed by atoms with Gasteiger partial charge in [0.25, 0.3) is 0 Å². The summed E-state index contributed by atoms with van der Waals surface area (Å²) in [4.78, 5) is 13.2. The van der Waals surface area contributed by atoms with Crippen LogP contribution < -0.4 is 15.2 Å². The van der Waals surface area contributed by atoms with Crippen molar-refractivity contribution in [2.75, 3.05) is 12.4 Å². The molecule has 0 aliphatic carbocycles. The number of hydrogen-bond acceptors (Lipinski definition) is 5. The van der Waals surface area contributed by atoms with Crippen LogP contribution in [0.4, 0.5) is 0 Å². The quantitative estimate of drug-likeness (QED) is 0.671. The summed E-state index contributed by atoms with van der Waals surface area (Å²) >= 11 is 1.43. The van der Waals surface area contributed by atoms with Gasteiger partial charge in [-0.15, -0.1) is 11.8 Å². The molecule has 6 nitrogen and oxygen atoms in total. The zero-order valence-corrected chi connectivity index (χ0v) is 16.3. The number of nitrogens with two attached hydrogens (primary N) is 1. The molecule has 0 bridgehead atoms. The normalized spacial score (nSPS) is 12.4. The molecule has 0 unspecified atom stereocenters. The Hall–Kier alpha value is -2.03. The van der Waals surface area contributed by atoms with E-state index in [0.29, 0.717) is 6.61 Å². The van der Waals surface area contributed by atoms with Crippen molar-refractivity contribution in [3.8, 4) is 5.75 Å². The maximum Gasteiger partial charge on any atom is 0.238 e. The van der Waals surface area contributed by atoms with Crippen molar-refractivity contribution < 1.29 is 17.9 Å². The third-order valence-electron chi connectivity index (χ3n) is 3.59. The van der Waals surface area contributed by atoms with Gasteiger partial charge in [0.15, 0.2) is 0 Å². The van der Waals surface area contributed by atoms with Crippen LogP contribution in [0.15, 0.2) is 58.3 Å². The lowest BCUT2D eigenvalue weighted by atomic mass is 10.1. The number of nitrogens with one attached hydrogen (secondary N) is 1. The highest BCUT2D eigenvalue weighted by molar-refractivity contribution is 8.00. The number of thioether (sulfide) groups is 1. The Balaban J connectivity index is 1.86. The van der Waals surface area contributed by atoms with E-state index in [0.717, 1.165) is 16.2 Å². The first-order valence-corrected chi connectivity index (χ1v) is 10.6. The smallest absolute Gasteiger partial charge is 0.238 e. The molecule has 1 amide bonds. The van der Waals surface area contributed by atoms with Crippen LogP contribution >= 0.6 is 11.8 Å². The number of ether oxygens (including phenoxy) is 1. The standard InChI is InChI=1S/C18H22N2O4S2/c1-3-24-15-6-8-16(9-7-15)25-12-18(21)20-13(2)14-4-10-17(11-5-14)26(19,22)23/h4-11,13H,3,12H2,1-2H3,(H,20,21)(H2,19,22,23)/t13-/m1/s1. The van der Waals surface area contributed by atoms with E-state index in [1.54, 1.807) is 12.1 Å². The maximum absolute atomic E-state index is 12.1. The van der Waals surface area contributed by atoms with Crippen LogP contribution in [0, 0.1) is 0 Å². The molecule has 3 N–H and O–H groups in total. The Bertz CT molecular complexity index is 834. The molecular formula is C18H22N2O4S2. The second kappa shape index (κ2) is 9.07. The number of hydrogen-bond donors (Lipinski definition) is 2. The molecule has 0 aliphatic heterocycles. The van der Waals surface area contributed by atoms with Gasteiger partial charge in [-0.1, -0.05) is 12.1 Å². The number of benzene rings is 2. The molecule has 2 aromatic carbocycles. The highest BCUT2D eigenvalue weighted by atomic mass is 32.2. The summed E-state index contributed by atoms with van der Waals surface area (Å²) in [7, 11) is -3.71. The number of amides is 1. The molecule has 0 radical (unpaired) electrons. The molecule has 8 heteroatoms. The topological polar surface area (TPSA) is 98.5 Å². The number of primary sulfonamides is 1. The van der Waals surface area contributed by atoms with Crippen LogP contribution in [0.1, 0.15) is 25.5 Å². The van der Waals surface area contributed by atoms with Gasteiger partial charge in [0.2, 0.25) is 15.9 Å². The minimum atomic E-state index is -3.71. The minimum Gasteiger partial charge on any atom is -0.494 e. The second-order valence-corrected chi connectivity index (χ2v) is 8.21. The SMILES string of the molecule is CCOc1ccc(SCC(=O)N[C@H](C)c2ccc(S(N)(=O)=O)cc2)cc1. The Kier molecular flexibility index (Phi) is 7.07. The molecule has 0 aliphatic rings. The fraction of sp³-hybridized carbons (Fsp3) is 0.278. The lowest BCUT2D eigenvalue weighted by Gasteiger charge is -2.14. The van der Waals surface area contributed by atoms with E-state index in [4.69, 9.17) is 9.88 Å². The average molecular weight is 395 g/mol. The number of carbonyl (C=O) groups is 1. The molecule has 2 rings (SSSR count). The predicted molar refractivity (Wildman–Crippen MR) is 103 cm³/mol. The predicted octanol–water partition coefficient (Wildman–Crippen LogP) is 2.70. The third kappa shape index (κ3) is 6.05. The van der Waals surface area contributed by atoms with Crippen LogP contribution in [-0.2, 0) is 14.8 Å². The number of sulfonamides is 1. The Morgan fingerprint density at radius 1 is 1.15 bits per heavy atom. The summed E-state index contributed by atoms with van der Waals surface area (Å²) in [6.45, 7) is 4.38. The highest BCUT2D eigenvalue weighted by Crippen LogP contribution is 2.22. The van der Waals surface area contributed by atoms with Crippen LogP contribution in [0.25, 0.3) is 0 Å². The molecule has 0 heterocycles. The first-order valence-electron chi connectivity index (χ1n) is 8.07. The summed E-state index contributed by atoms with van der Waals surface area (Å²) in [5.41, 5.74) is 0.803. The Labute approximate surface area is 158 Å². The average Bonchev–Trinajstić information content (AvgIpc) is 2.61. The summed E-state index contributed by atoms with van der Waals surface area (Å²) in [6.07, 6.45) is 0. The first kappa shape index (κ1) is 20.3. The van der Waals surface area contributed by atoms with Gasteiger partial charge in [-0.3, -0.25) is 4.79 Å².